The SMILES string of the molecule is CCCCN(C(=O)C(CCC(N)=O)NC(=O)OC(C)(C)C)C(C(=O)Nc1ccccc1C)c1cc(C)cc(C)c1. The fourth-order valence-corrected chi connectivity index (χ4v) is 4.44. The fraction of sp³-hybridized carbons (Fsp3) is 0.484. The minimum Gasteiger partial charge on any atom is -0.444 e. The molecule has 2 aromatic rings. The van der Waals surface area contributed by atoms with Crippen molar-refractivity contribution in [3.8, 4) is 0 Å². The number of amides is 4. The summed E-state index contributed by atoms with van der Waals surface area (Å²) in [6.07, 6.45) is 0.443. The number of para-hydroxylation sites is 1. The van der Waals surface area contributed by atoms with Crippen molar-refractivity contribution in [2.75, 3.05) is 11.9 Å². The van der Waals surface area contributed by atoms with E-state index in [9.17, 15) is 19.2 Å². The van der Waals surface area contributed by atoms with Crippen molar-refractivity contribution in [3.05, 3.63) is 64.7 Å². The van der Waals surface area contributed by atoms with E-state index >= 15 is 0 Å². The summed E-state index contributed by atoms with van der Waals surface area (Å²) in [6, 6.07) is 11.1. The lowest BCUT2D eigenvalue weighted by atomic mass is 9.97. The van der Waals surface area contributed by atoms with Crippen molar-refractivity contribution in [2.24, 2.45) is 5.73 Å². The van der Waals surface area contributed by atoms with E-state index in [1.165, 1.54) is 4.90 Å². The molecule has 2 rings (SSSR count). The topological polar surface area (TPSA) is 131 Å². The molecule has 4 N–H and O–H groups in total. The summed E-state index contributed by atoms with van der Waals surface area (Å²) >= 11 is 0. The maximum Gasteiger partial charge on any atom is 0.408 e. The van der Waals surface area contributed by atoms with Crippen molar-refractivity contribution < 1.29 is 23.9 Å². The predicted molar refractivity (Wildman–Crippen MR) is 157 cm³/mol. The van der Waals surface area contributed by atoms with E-state index in [4.69, 9.17) is 10.5 Å². The zero-order valence-corrected chi connectivity index (χ0v) is 24.8. The number of benzene rings is 2. The number of carbonyl (C=O) groups is 4. The van der Waals surface area contributed by atoms with Crippen LogP contribution in [0.25, 0.3) is 0 Å². The van der Waals surface area contributed by atoms with Crippen LogP contribution in [0.5, 0.6) is 0 Å². The highest BCUT2D eigenvalue weighted by molar-refractivity contribution is 5.99. The highest BCUT2D eigenvalue weighted by Gasteiger charge is 2.36. The van der Waals surface area contributed by atoms with Gasteiger partial charge in [-0.05, 0) is 71.6 Å². The van der Waals surface area contributed by atoms with Gasteiger partial charge in [0.15, 0.2) is 0 Å². The predicted octanol–water partition coefficient (Wildman–Crippen LogP) is 5.08. The molecular weight excluding hydrogens is 508 g/mol. The van der Waals surface area contributed by atoms with Gasteiger partial charge in [0.25, 0.3) is 5.91 Å². The third kappa shape index (κ3) is 10.0. The molecule has 0 aliphatic heterocycles. The zero-order chi connectivity index (χ0) is 30.0. The Morgan fingerprint density at radius 3 is 2.17 bits per heavy atom. The molecule has 40 heavy (non-hydrogen) atoms. The van der Waals surface area contributed by atoms with Crippen LogP contribution < -0.4 is 16.4 Å². The number of nitrogens with zero attached hydrogens (tertiary/aromatic N) is 1. The third-order valence-electron chi connectivity index (χ3n) is 6.23. The molecule has 0 saturated carbocycles. The van der Waals surface area contributed by atoms with Gasteiger partial charge in [-0.15, -0.1) is 0 Å². The molecule has 2 unspecified atom stereocenters. The second-order valence-electron chi connectivity index (χ2n) is 11.2. The maximum atomic E-state index is 14.2. The summed E-state index contributed by atoms with van der Waals surface area (Å²) in [5, 5.41) is 5.62. The third-order valence-corrected chi connectivity index (χ3v) is 6.23. The average Bonchev–Trinajstić information content (AvgIpc) is 2.83. The van der Waals surface area contributed by atoms with Crippen LogP contribution in [0.15, 0.2) is 42.5 Å². The first kappa shape index (κ1) is 32.3. The second kappa shape index (κ2) is 14.5. The molecule has 4 amide bonds. The van der Waals surface area contributed by atoms with Gasteiger partial charge in [0.2, 0.25) is 11.8 Å². The Balaban J connectivity index is 2.59. The van der Waals surface area contributed by atoms with Crippen LogP contribution in [-0.2, 0) is 19.1 Å². The number of rotatable bonds is 12. The van der Waals surface area contributed by atoms with E-state index in [2.05, 4.69) is 10.6 Å². The van der Waals surface area contributed by atoms with Crippen LogP contribution in [0, 0.1) is 20.8 Å². The van der Waals surface area contributed by atoms with Gasteiger partial charge < -0.3 is 26.0 Å². The van der Waals surface area contributed by atoms with Crippen LogP contribution in [0.3, 0.4) is 0 Å². The Hall–Kier alpha value is -3.88. The van der Waals surface area contributed by atoms with Crippen LogP contribution >= 0.6 is 0 Å². The molecular formula is C31H44N4O5. The molecule has 0 fully saturated rings. The Kier molecular flexibility index (Phi) is 11.7. The number of nitrogens with two attached hydrogens (primary N) is 1. The van der Waals surface area contributed by atoms with Crippen LogP contribution in [-0.4, -0.2) is 46.9 Å². The van der Waals surface area contributed by atoms with Gasteiger partial charge in [0.05, 0.1) is 0 Å². The van der Waals surface area contributed by atoms with Gasteiger partial charge in [-0.1, -0.05) is 60.9 Å². The van der Waals surface area contributed by atoms with E-state index in [-0.39, 0.29) is 25.3 Å². The second-order valence-corrected chi connectivity index (χ2v) is 11.2. The van der Waals surface area contributed by atoms with Crippen LogP contribution in [0.4, 0.5) is 10.5 Å². The molecule has 2 aromatic carbocycles. The Morgan fingerprint density at radius 2 is 1.62 bits per heavy atom. The van der Waals surface area contributed by atoms with E-state index in [0.29, 0.717) is 17.7 Å². The number of aryl methyl sites for hydroxylation is 3. The number of nitrogens with one attached hydrogen (secondary N) is 2. The number of hydrogen-bond acceptors (Lipinski definition) is 5. The smallest absolute Gasteiger partial charge is 0.408 e. The van der Waals surface area contributed by atoms with E-state index in [1.54, 1.807) is 20.8 Å². The average molecular weight is 553 g/mol. The molecule has 0 radical (unpaired) electrons. The molecule has 0 aliphatic rings. The monoisotopic (exact) mass is 552 g/mol. The quantitative estimate of drug-likeness (QED) is 0.338. The molecule has 2 atom stereocenters. The zero-order valence-electron chi connectivity index (χ0n) is 24.8. The summed E-state index contributed by atoms with van der Waals surface area (Å²) in [5.74, 6) is -1.48. The van der Waals surface area contributed by atoms with Gasteiger partial charge in [0, 0.05) is 18.7 Å². The highest BCUT2D eigenvalue weighted by Crippen LogP contribution is 2.28. The van der Waals surface area contributed by atoms with Crippen molar-refractivity contribution in [1.82, 2.24) is 10.2 Å². The van der Waals surface area contributed by atoms with Gasteiger partial charge in [-0.25, -0.2) is 4.79 Å². The number of ether oxygens (including phenoxy) is 1. The van der Waals surface area contributed by atoms with E-state index in [1.807, 2.05) is 70.2 Å². The molecule has 9 nitrogen and oxygen atoms in total. The lowest BCUT2D eigenvalue weighted by molar-refractivity contribution is -0.141. The minimum atomic E-state index is -1.13. The van der Waals surface area contributed by atoms with Crippen molar-refractivity contribution >= 4 is 29.5 Å². The number of carbonyl (C=O) groups excluding carboxylic acids is 4. The van der Waals surface area contributed by atoms with Crippen molar-refractivity contribution in [1.29, 1.82) is 0 Å². The normalized spacial score (nSPS) is 12.7. The summed E-state index contributed by atoms with van der Waals surface area (Å²) in [6.45, 7) is 13.2. The van der Waals surface area contributed by atoms with Gasteiger partial charge >= 0.3 is 6.09 Å². The molecule has 0 aliphatic carbocycles. The number of alkyl carbamates (subject to hydrolysis) is 1. The Morgan fingerprint density at radius 1 is 1.00 bits per heavy atom. The lowest BCUT2D eigenvalue weighted by Crippen LogP contribution is -2.52. The fourth-order valence-electron chi connectivity index (χ4n) is 4.44. The maximum absolute atomic E-state index is 14.2. The summed E-state index contributed by atoms with van der Waals surface area (Å²) < 4.78 is 5.39. The van der Waals surface area contributed by atoms with Crippen molar-refractivity contribution in [2.45, 2.75) is 91.8 Å². The lowest BCUT2D eigenvalue weighted by Gasteiger charge is -2.35. The molecule has 0 spiro atoms. The standard InChI is InChI=1S/C31H44N4O5/c1-8-9-16-35(29(38)25(14-15-26(32)36)34-30(39)40-31(5,6)7)27(23-18-20(2)17-21(3)19-23)28(37)33-24-13-11-10-12-22(24)4/h10-13,17-19,25,27H,8-9,14-16H2,1-7H3,(H2,32,36)(H,33,37)(H,34,39). The first-order valence-electron chi connectivity index (χ1n) is 13.7. The number of unbranched alkanes of at least 4 members (excludes halogenated alkanes) is 1. The van der Waals surface area contributed by atoms with Gasteiger partial charge in [-0.2, -0.15) is 0 Å². The first-order valence-corrected chi connectivity index (χ1v) is 13.7. The summed E-state index contributed by atoms with van der Waals surface area (Å²) in [7, 11) is 0. The minimum absolute atomic E-state index is 0.0327. The summed E-state index contributed by atoms with van der Waals surface area (Å²) in [5.41, 5.74) is 8.67. The van der Waals surface area contributed by atoms with Gasteiger partial charge in [0.1, 0.15) is 17.7 Å². The molecule has 0 bridgehead atoms. The molecule has 0 aromatic heterocycles. The number of anilines is 1. The Bertz CT molecular complexity index is 1180. The number of hydrogen-bond donors (Lipinski definition) is 3. The first-order chi connectivity index (χ1) is 18.7. The molecule has 9 heteroatoms. The molecule has 218 valence electrons. The highest BCUT2D eigenvalue weighted by atomic mass is 16.6. The molecule has 0 heterocycles. The Labute approximate surface area is 237 Å². The molecule has 0 saturated heterocycles. The van der Waals surface area contributed by atoms with Crippen LogP contribution in [0.1, 0.15) is 81.7 Å². The largest absolute Gasteiger partial charge is 0.444 e. The summed E-state index contributed by atoms with van der Waals surface area (Å²) in [4.78, 5) is 54.0. The van der Waals surface area contributed by atoms with Gasteiger partial charge in [-0.3, -0.25) is 14.4 Å². The van der Waals surface area contributed by atoms with E-state index in [0.717, 1.165) is 23.1 Å². The van der Waals surface area contributed by atoms with Crippen LogP contribution in [0.2, 0.25) is 0 Å². The van der Waals surface area contributed by atoms with Crippen molar-refractivity contribution in [3.63, 3.8) is 0 Å². The van der Waals surface area contributed by atoms with E-state index < -0.39 is 35.6 Å². The number of primary amides is 1.